The highest BCUT2D eigenvalue weighted by Crippen LogP contribution is 2.21. The average Bonchev–Trinajstić information content (AvgIpc) is 2.67. The molecule has 0 N–H and O–H groups in total. The van der Waals surface area contributed by atoms with Crippen LogP contribution in [0, 0.1) is 6.92 Å². The predicted molar refractivity (Wildman–Crippen MR) is 103 cm³/mol. The second-order valence-electron chi connectivity index (χ2n) is 6.23. The summed E-state index contributed by atoms with van der Waals surface area (Å²) < 4.78 is 37.4. The molecule has 2 aromatic carbocycles. The lowest BCUT2D eigenvalue weighted by Crippen LogP contribution is -2.44. The minimum absolute atomic E-state index is 0.139. The van der Waals surface area contributed by atoms with Crippen molar-refractivity contribution in [2.45, 2.75) is 31.2 Å². The summed E-state index contributed by atoms with van der Waals surface area (Å²) >= 11 is 0. The Morgan fingerprint density at radius 3 is 2.37 bits per heavy atom. The molecular weight excluding hydrogens is 366 g/mol. The Hall–Kier alpha value is -2.38. The number of methoxy groups -OCH3 is 2. The van der Waals surface area contributed by atoms with Crippen molar-refractivity contribution in [3.63, 3.8) is 0 Å². The molecule has 0 aliphatic rings. The summed E-state index contributed by atoms with van der Waals surface area (Å²) in [5.41, 5.74) is 1.87. The van der Waals surface area contributed by atoms with Gasteiger partial charge in [0, 0.05) is 6.54 Å². The number of sulfonamides is 1. The van der Waals surface area contributed by atoms with Crippen molar-refractivity contribution < 1.29 is 22.7 Å². The van der Waals surface area contributed by atoms with Crippen molar-refractivity contribution in [3.05, 3.63) is 59.7 Å². The van der Waals surface area contributed by atoms with Crippen LogP contribution in [0.1, 0.15) is 18.1 Å². The molecule has 0 aliphatic carbocycles. The molecule has 2 aromatic rings. The normalized spacial score (nSPS) is 12.6. The number of esters is 1. The van der Waals surface area contributed by atoms with Crippen LogP contribution in [0.15, 0.2) is 53.4 Å². The molecule has 6 nitrogen and oxygen atoms in total. The first kappa shape index (κ1) is 20.9. The number of hydrogen-bond donors (Lipinski definition) is 0. The van der Waals surface area contributed by atoms with Crippen molar-refractivity contribution in [2.24, 2.45) is 0 Å². The van der Waals surface area contributed by atoms with Gasteiger partial charge < -0.3 is 9.47 Å². The SMILES string of the molecule is COC(=O)[C@H](C)N(CCc1cccc(OC)c1)S(=O)(=O)c1ccc(C)cc1. The molecule has 0 fully saturated rings. The van der Waals surface area contributed by atoms with Gasteiger partial charge >= 0.3 is 5.97 Å². The van der Waals surface area contributed by atoms with Crippen LogP contribution < -0.4 is 4.74 Å². The molecule has 1 atom stereocenters. The third-order valence-electron chi connectivity index (χ3n) is 4.36. The lowest BCUT2D eigenvalue weighted by atomic mass is 10.1. The van der Waals surface area contributed by atoms with Crippen LogP contribution in [-0.4, -0.2) is 45.5 Å². The van der Waals surface area contributed by atoms with E-state index in [4.69, 9.17) is 9.47 Å². The van der Waals surface area contributed by atoms with Crippen LogP contribution in [0.5, 0.6) is 5.75 Å². The van der Waals surface area contributed by atoms with E-state index in [2.05, 4.69) is 0 Å². The largest absolute Gasteiger partial charge is 0.497 e. The highest BCUT2D eigenvalue weighted by molar-refractivity contribution is 7.89. The zero-order valence-corrected chi connectivity index (χ0v) is 16.8. The first-order chi connectivity index (χ1) is 12.8. The summed E-state index contributed by atoms with van der Waals surface area (Å²) in [6, 6.07) is 13.0. The van der Waals surface area contributed by atoms with E-state index in [1.807, 2.05) is 31.2 Å². The molecule has 0 heterocycles. The first-order valence-corrected chi connectivity index (χ1v) is 10.0. The summed E-state index contributed by atoms with van der Waals surface area (Å²) in [5.74, 6) is 0.0952. The summed E-state index contributed by atoms with van der Waals surface area (Å²) in [6.45, 7) is 3.55. The summed E-state index contributed by atoms with van der Waals surface area (Å²) in [7, 11) is -1.03. The molecule has 0 saturated carbocycles. The van der Waals surface area contributed by atoms with E-state index in [0.29, 0.717) is 12.2 Å². The van der Waals surface area contributed by atoms with Crippen molar-refractivity contribution in [1.82, 2.24) is 4.31 Å². The van der Waals surface area contributed by atoms with E-state index in [1.54, 1.807) is 31.4 Å². The zero-order chi connectivity index (χ0) is 20.0. The molecule has 2 rings (SSSR count). The number of carbonyl (C=O) groups excluding carboxylic acids is 1. The number of carbonyl (C=O) groups is 1. The molecule has 0 amide bonds. The van der Waals surface area contributed by atoms with Gasteiger partial charge in [-0.2, -0.15) is 4.31 Å². The van der Waals surface area contributed by atoms with Crippen molar-refractivity contribution in [1.29, 1.82) is 0 Å². The summed E-state index contributed by atoms with van der Waals surface area (Å²) in [4.78, 5) is 12.2. The molecule has 0 radical (unpaired) electrons. The number of ether oxygens (including phenoxy) is 2. The summed E-state index contributed by atoms with van der Waals surface area (Å²) in [5, 5.41) is 0. The third kappa shape index (κ3) is 5.08. The topological polar surface area (TPSA) is 72.9 Å². The van der Waals surface area contributed by atoms with Crippen LogP contribution in [0.2, 0.25) is 0 Å². The van der Waals surface area contributed by atoms with Gasteiger partial charge in [0.1, 0.15) is 11.8 Å². The van der Waals surface area contributed by atoms with Crippen LogP contribution in [-0.2, 0) is 26.0 Å². The maximum absolute atomic E-state index is 13.1. The van der Waals surface area contributed by atoms with Crippen molar-refractivity contribution in [2.75, 3.05) is 20.8 Å². The van der Waals surface area contributed by atoms with Gasteiger partial charge in [-0.1, -0.05) is 29.8 Å². The molecule has 0 saturated heterocycles. The quantitative estimate of drug-likeness (QED) is 0.647. The second-order valence-corrected chi connectivity index (χ2v) is 8.12. The van der Waals surface area contributed by atoms with Gasteiger partial charge in [-0.3, -0.25) is 4.79 Å². The number of hydrogen-bond acceptors (Lipinski definition) is 5. The highest BCUT2D eigenvalue weighted by atomic mass is 32.2. The lowest BCUT2D eigenvalue weighted by Gasteiger charge is -2.27. The highest BCUT2D eigenvalue weighted by Gasteiger charge is 2.33. The Morgan fingerprint density at radius 2 is 1.78 bits per heavy atom. The lowest BCUT2D eigenvalue weighted by molar-refractivity contribution is -0.144. The van der Waals surface area contributed by atoms with E-state index in [0.717, 1.165) is 11.1 Å². The van der Waals surface area contributed by atoms with Crippen LogP contribution in [0.25, 0.3) is 0 Å². The standard InChI is InChI=1S/C20H25NO5S/c1-15-8-10-19(11-9-15)27(23,24)21(16(2)20(22)26-4)13-12-17-6-5-7-18(14-17)25-3/h5-11,14,16H,12-13H2,1-4H3/t16-/m0/s1. The van der Waals surface area contributed by atoms with Gasteiger partial charge in [0.25, 0.3) is 0 Å². The number of benzene rings is 2. The fraction of sp³-hybridized carbons (Fsp3) is 0.350. The van der Waals surface area contributed by atoms with E-state index >= 15 is 0 Å². The molecule has 146 valence electrons. The molecular formula is C20H25NO5S. The fourth-order valence-electron chi connectivity index (χ4n) is 2.72. The van der Waals surface area contributed by atoms with Crippen molar-refractivity contribution in [3.8, 4) is 5.75 Å². The summed E-state index contributed by atoms with van der Waals surface area (Å²) in [6.07, 6.45) is 0.434. The van der Waals surface area contributed by atoms with Gasteiger partial charge in [0.2, 0.25) is 10.0 Å². The Morgan fingerprint density at radius 1 is 1.11 bits per heavy atom. The van der Waals surface area contributed by atoms with Crippen molar-refractivity contribution >= 4 is 16.0 Å². The third-order valence-corrected chi connectivity index (χ3v) is 6.34. The molecule has 0 bridgehead atoms. The molecule has 27 heavy (non-hydrogen) atoms. The number of nitrogens with zero attached hydrogens (tertiary/aromatic N) is 1. The second kappa shape index (κ2) is 9.01. The van der Waals surface area contributed by atoms with Gasteiger partial charge in [0.05, 0.1) is 19.1 Å². The Bertz CT molecular complexity index is 878. The predicted octanol–water partition coefficient (Wildman–Crippen LogP) is 2.80. The van der Waals surface area contributed by atoms with E-state index < -0.39 is 22.0 Å². The van der Waals surface area contributed by atoms with Crippen LogP contribution >= 0.6 is 0 Å². The van der Waals surface area contributed by atoms with E-state index in [-0.39, 0.29) is 11.4 Å². The van der Waals surface area contributed by atoms with Gasteiger partial charge in [0.15, 0.2) is 0 Å². The maximum atomic E-state index is 13.1. The first-order valence-electron chi connectivity index (χ1n) is 8.59. The van der Waals surface area contributed by atoms with Gasteiger partial charge in [-0.25, -0.2) is 8.42 Å². The smallest absolute Gasteiger partial charge is 0.323 e. The molecule has 0 spiro atoms. The van der Waals surface area contributed by atoms with E-state index in [1.165, 1.54) is 18.3 Å². The fourth-order valence-corrected chi connectivity index (χ4v) is 4.31. The Labute approximate surface area is 160 Å². The average molecular weight is 391 g/mol. The Balaban J connectivity index is 2.32. The minimum atomic E-state index is -3.86. The molecule has 7 heteroatoms. The molecule has 0 unspecified atom stereocenters. The van der Waals surface area contributed by atoms with Gasteiger partial charge in [-0.05, 0) is 50.1 Å². The van der Waals surface area contributed by atoms with Gasteiger partial charge in [-0.15, -0.1) is 0 Å². The van der Waals surface area contributed by atoms with Crippen LogP contribution in [0.3, 0.4) is 0 Å². The molecule has 0 aromatic heterocycles. The minimum Gasteiger partial charge on any atom is -0.497 e. The monoisotopic (exact) mass is 391 g/mol. The Kier molecular flexibility index (Phi) is 6.98. The number of rotatable bonds is 8. The zero-order valence-electron chi connectivity index (χ0n) is 16.0. The maximum Gasteiger partial charge on any atom is 0.323 e. The van der Waals surface area contributed by atoms with Crippen LogP contribution in [0.4, 0.5) is 0 Å². The van der Waals surface area contributed by atoms with E-state index in [9.17, 15) is 13.2 Å². The number of aryl methyl sites for hydroxylation is 1. The molecule has 0 aliphatic heterocycles.